The molecule has 0 bridgehead atoms. The summed E-state index contributed by atoms with van der Waals surface area (Å²) in [6.45, 7) is 5.65. The Hall–Kier alpha value is -2.86. The van der Waals surface area contributed by atoms with E-state index in [1.54, 1.807) is 11.8 Å². The fraction of sp³-hybridized carbons (Fsp3) is 0.292. The van der Waals surface area contributed by atoms with Crippen molar-refractivity contribution in [2.45, 2.75) is 36.6 Å². The molecular weight excluding hydrogens is 392 g/mol. The molecule has 1 atom stereocenters. The Labute approximate surface area is 181 Å². The highest BCUT2D eigenvalue weighted by molar-refractivity contribution is 7.99. The second-order valence-corrected chi connectivity index (χ2v) is 8.83. The van der Waals surface area contributed by atoms with Crippen molar-refractivity contribution in [1.82, 2.24) is 10.2 Å². The van der Waals surface area contributed by atoms with E-state index in [2.05, 4.69) is 51.6 Å². The average Bonchev–Trinajstić information content (AvgIpc) is 2.77. The summed E-state index contributed by atoms with van der Waals surface area (Å²) in [5, 5.41) is 12.8. The molecule has 1 saturated heterocycles. The second-order valence-electron chi connectivity index (χ2n) is 7.73. The molecule has 154 valence electrons. The number of amides is 1. The van der Waals surface area contributed by atoms with Gasteiger partial charge in [-0.3, -0.25) is 4.79 Å². The maximum Gasteiger partial charge on any atom is 0.229 e. The molecule has 1 aromatic heterocycles. The van der Waals surface area contributed by atoms with Crippen LogP contribution in [0.3, 0.4) is 0 Å². The van der Waals surface area contributed by atoms with E-state index in [0.717, 1.165) is 46.4 Å². The number of hydrogen-bond acceptors (Lipinski definition) is 5. The minimum atomic E-state index is -0.0539. The van der Waals surface area contributed by atoms with Crippen LogP contribution in [-0.2, 0) is 4.79 Å². The van der Waals surface area contributed by atoms with Crippen LogP contribution in [0.1, 0.15) is 24.0 Å². The zero-order valence-corrected chi connectivity index (χ0v) is 18.2. The summed E-state index contributed by atoms with van der Waals surface area (Å²) in [6.07, 6.45) is 1.86. The molecule has 3 aromatic rings. The SMILES string of the molecule is Cc1ccc(Sc2ccc(N3CCC[C@@H](C(=O)Nc4ccccc4C)C3)nn2)cc1. The van der Waals surface area contributed by atoms with Gasteiger partial charge in [-0.1, -0.05) is 47.7 Å². The summed E-state index contributed by atoms with van der Waals surface area (Å²) < 4.78 is 0. The third-order valence-corrected chi connectivity index (χ3v) is 6.32. The molecule has 1 aliphatic heterocycles. The molecule has 5 nitrogen and oxygen atoms in total. The lowest BCUT2D eigenvalue weighted by atomic mass is 9.97. The number of rotatable bonds is 5. The van der Waals surface area contributed by atoms with Crippen molar-refractivity contribution in [1.29, 1.82) is 0 Å². The smallest absolute Gasteiger partial charge is 0.229 e. The lowest BCUT2D eigenvalue weighted by Gasteiger charge is -2.32. The third kappa shape index (κ3) is 5.00. The number of para-hydroxylation sites is 1. The molecule has 1 N–H and O–H groups in total. The van der Waals surface area contributed by atoms with Crippen LogP contribution in [0.5, 0.6) is 0 Å². The summed E-state index contributed by atoms with van der Waals surface area (Å²) >= 11 is 1.60. The first-order valence-corrected chi connectivity index (χ1v) is 11.1. The van der Waals surface area contributed by atoms with Gasteiger partial charge in [-0.05, 0) is 62.6 Å². The maximum atomic E-state index is 12.8. The van der Waals surface area contributed by atoms with Gasteiger partial charge in [-0.15, -0.1) is 10.2 Å². The summed E-state index contributed by atoms with van der Waals surface area (Å²) in [4.78, 5) is 16.1. The van der Waals surface area contributed by atoms with Gasteiger partial charge in [0.25, 0.3) is 0 Å². The van der Waals surface area contributed by atoms with Gasteiger partial charge in [-0.25, -0.2) is 0 Å². The number of piperidine rings is 1. The van der Waals surface area contributed by atoms with E-state index in [0.29, 0.717) is 6.54 Å². The van der Waals surface area contributed by atoms with Gasteiger partial charge in [0.1, 0.15) is 5.03 Å². The molecule has 1 fully saturated rings. The predicted octanol–water partition coefficient (Wildman–Crippen LogP) is 5.10. The van der Waals surface area contributed by atoms with E-state index in [-0.39, 0.29) is 11.8 Å². The van der Waals surface area contributed by atoms with E-state index in [1.165, 1.54) is 5.56 Å². The lowest BCUT2D eigenvalue weighted by Crippen LogP contribution is -2.41. The van der Waals surface area contributed by atoms with Gasteiger partial charge < -0.3 is 10.2 Å². The van der Waals surface area contributed by atoms with Gasteiger partial charge in [-0.2, -0.15) is 0 Å². The Balaban J connectivity index is 1.38. The normalized spacial score (nSPS) is 16.3. The summed E-state index contributed by atoms with van der Waals surface area (Å²) in [7, 11) is 0. The number of carbonyl (C=O) groups is 1. The summed E-state index contributed by atoms with van der Waals surface area (Å²) in [6, 6.07) is 20.3. The Morgan fingerprint density at radius 2 is 1.83 bits per heavy atom. The Morgan fingerprint density at radius 1 is 1.03 bits per heavy atom. The van der Waals surface area contributed by atoms with Crippen LogP contribution in [0.2, 0.25) is 0 Å². The minimum Gasteiger partial charge on any atom is -0.354 e. The number of benzene rings is 2. The number of anilines is 2. The Bertz CT molecular complexity index is 1000. The van der Waals surface area contributed by atoms with Gasteiger partial charge >= 0.3 is 0 Å². The summed E-state index contributed by atoms with van der Waals surface area (Å²) in [5.74, 6) is 0.854. The molecule has 0 spiro atoms. The molecule has 2 heterocycles. The Kier molecular flexibility index (Phi) is 6.33. The first kappa shape index (κ1) is 20.4. The van der Waals surface area contributed by atoms with E-state index in [1.807, 2.05) is 43.3 Å². The van der Waals surface area contributed by atoms with Crippen molar-refractivity contribution < 1.29 is 4.79 Å². The van der Waals surface area contributed by atoms with Crippen LogP contribution >= 0.6 is 11.8 Å². The van der Waals surface area contributed by atoms with Gasteiger partial charge in [0.05, 0.1) is 5.92 Å². The molecule has 0 saturated carbocycles. The first-order chi connectivity index (χ1) is 14.6. The number of carbonyl (C=O) groups excluding carboxylic acids is 1. The molecule has 2 aromatic carbocycles. The lowest BCUT2D eigenvalue weighted by molar-refractivity contribution is -0.120. The number of aromatic nitrogens is 2. The standard InChI is InChI=1S/C24H26N4OS/c1-17-9-11-20(12-10-17)30-23-14-13-22(26-27-23)28-15-5-7-19(16-28)24(29)25-21-8-4-3-6-18(21)2/h3-4,6,8-14,19H,5,7,15-16H2,1-2H3,(H,25,29)/t19-/m1/s1. The third-order valence-electron chi connectivity index (χ3n) is 5.39. The van der Waals surface area contributed by atoms with Gasteiger partial charge in [0.2, 0.25) is 5.91 Å². The molecule has 30 heavy (non-hydrogen) atoms. The predicted molar refractivity (Wildman–Crippen MR) is 122 cm³/mol. The minimum absolute atomic E-state index is 0.0539. The fourth-order valence-corrected chi connectivity index (χ4v) is 4.34. The molecule has 1 aliphatic rings. The second kappa shape index (κ2) is 9.30. The zero-order chi connectivity index (χ0) is 20.9. The van der Waals surface area contributed by atoms with E-state index < -0.39 is 0 Å². The van der Waals surface area contributed by atoms with Crippen LogP contribution in [0.15, 0.2) is 70.6 Å². The van der Waals surface area contributed by atoms with E-state index >= 15 is 0 Å². The van der Waals surface area contributed by atoms with Crippen LogP contribution < -0.4 is 10.2 Å². The van der Waals surface area contributed by atoms with Crippen molar-refractivity contribution in [3.05, 3.63) is 71.8 Å². The number of hydrogen-bond donors (Lipinski definition) is 1. The number of nitrogens with one attached hydrogen (secondary N) is 1. The molecule has 1 amide bonds. The molecule has 0 aliphatic carbocycles. The largest absolute Gasteiger partial charge is 0.354 e. The highest BCUT2D eigenvalue weighted by atomic mass is 32.2. The Morgan fingerprint density at radius 3 is 2.57 bits per heavy atom. The molecule has 4 rings (SSSR count). The van der Waals surface area contributed by atoms with Crippen LogP contribution in [-0.4, -0.2) is 29.2 Å². The zero-order valence-electron chi connectivity index (χ0n) is 17.3. The van der Waals surface area contributed by atoms with Gasteiger partial charge in [0.15, 0.2) is 5.82 Å². The van der Waals surface area contributed by atoms with Crippen molar-refractivity contribution in [2.75, 3.05) is 23.3 Å². The average molecular weight is 419 g/mol. The van der Waals surface area contributed by atoms with Crippen molar-refractivity contribution >= 4 is 29.2 Å². The number of aryl methyl sites for hydroxylation is 2. The highest BCUT2D eigenvalue weighted by Gasteiger charge is 2.27. The molecule has 6 heteroatoms. The molecule has 0 unspecified atom stereocenters. The highest BCUT2D eigenvalue weighted by Crippen LogP contribution is 2.28. The fourth-order valence-electron chi connectivity index (χ4n) is 3.61. The molecule has 0 radical (unpaired) electrons. The topological polar surface area (TPSA) is 58.1 Å². The van der Waals surface area contributed by atoms with Crippen LogP contribution in [0, 0.1) is 19.8 Å². The first-order valence-electron chi connectivity index (χ1n) is 10.3. The monoisotopic (exact) mass is 418 g/mol. The quantitative estimate of drug-likeness (QED) is 0.625. The van der Waals surface area contributed by atoms with E-state index in [9.17, 15) is 4.79 Å². The number of nitrogens with zero attached hydrogens (tertiary/aromatic N) is 3. The van der Waals surface area contributed by atoms with Crippen LogP contribution in [0.4, 0.5) is 11.5 Å². The van der Waals surface area contributed by atoms with Crippen molar-refractivity contribution in [2.24, 2.45) is 5.92 Å². The van der Waals surface area contributed by atoms with Crippen molar-refractivity contribution in [3.63, 3.8) is 0 Å². The summed E-state index contributed by atoms with van der Waals surface area (Å²) in [5.41, 5.74) is 3.20. The maximum absolute atomic E-state index is 12.8. The van der Waals surface area contributed by atoms with E-state index in [4.69, 9.17) is 0 Å². The van der Waals surface area contributed by atoms with Crippen molar-refractivity contribution in [3.8, 4) is 0 Å². The molecular formula is C24H26N4OS. The van der Waals surface area contributed by atoms with Crippen LogP contribution in [0.25, 0.3) is 0 Å². The van der Waals surface area contributed by atoms with Gasteiger partial charge in [0, 0.05) is 23.7 Å².